The van der Waals surface area contributed by atoms with Crippen molar-refractivity contribution in [1.29, 1.82) is 0 Å². The van der Waals surface area contributed by atoms with Crippen molar-refractivity contribution in [1.82, 2.24) is 9.21 Å². The standard InChI is InChI=1S/C14H19ClN2O3S/c1-11(2)17-8-7-16(9-14(17)18)21(19,20)10-12-3-5-13(15)6-4-12/h3-6,11H,7-10H2,1-2H3. The van der Waals surface area contributed by atoms with Crippen molar-refractivity contribution >= 4 is 27.5 Å². The number of piperazine rings is 1. The van der Waals surface area contributed by atoms with Gasteiger partial charge in [-0.05, 0) is 31.5 Å². The fraction of sp³-hybridized carbons (Fsp3) is 0.500. The van der Waals surface area contributed by atoms with Gasteiger partial charge in [0, 0.05) is 24.2 Å². The number of hydrogen-bond acceptors (Lipinski definition) is 3. The molecule has 0 bridgehead atoms. The lowest BCUT2D eigenvalue weighted by Gasteiger charge is -2.36. The van der Waals surface area contributed by atoms with Gasteiger partial charge in [-0.15, -0.1) is 0 Å². The van der Waals surface area contributed by atoms with E-state index in [1.807, 2.05) is 13.8 Å². The second kappa shape index (κ2) is 6.34. The molecule has 1 amide bonds. The molecule has 0 atom stereocenters. The van der Waals surface area contributed by atoms with Crippen LogP contribution in [0.25, 0.3) is 0 Å². The van der Waals surface area contributed by atoms with Crippen molar-refractivity contribution in [3.05, 3.63) is 34.9 Å². The smallest absolute Gasteiger partial charge is 0.238 e. The topological polar surface area (TPSA) is 57.7 Å². The first-order valence-corrected chi connectivity index (χ1v) is 8.80. The van der Waals surface area contributed by atoms with Crippen LogP contribution in [0.2, 0.25) is 5.02 Å². The number of halogens is 1. The third-order valence-corrected chi connectivity index (χ3v) is 5.55. The van der Waals surface area contributed by atoms with E-state index < -0.39 is 10.0 Å². The fourth-order valence-electron chi connectivity index (χ4n) is 2.33. The van der Waals surface area contributed by atoms with Crippen molar-refractivity contribution in [2.75, 3.05) is 19.6 Å². The van der Waals surface area contributed by atoms with Gasteiger partial charge in [0.15, 0.2) is 0 Å². The van der Waals surface area contributed by atoms with E-state index in [0.717, 1.165) is 0 Å². The van der Waals surface area contributed by atoms with Crippen molar-refractivity contribution in [2.24, 2.45) is 0 Å². The van der Waals surface area contributed by atoms with Gasteiger partial charge >= 0.3 is 0 Å². The van der Waals surface area contributed by atoms with Gasteiger partial charge < -0.3 is 4.90 Å². The molecule has 1 aliphatic rings. The highest BCUT2D eigenvalue weighted by atomic mass is 35.5. The van der Waals surface area contributed by atoms with Crippen molar-refractivity contribution in [3.63, 3.8) is 0 Å². The Balaban J connectivity index is 2.07. The Morgan fingerprint density at radius 2 is 1.81 bits per heavy atom. The van der Waals surface area contributed by atoms with Crippen LogP contribution in [-0.4, -0.2) is 49.2 Å². The highest BCUT2D eigenvalue weighted by Gasteiger charge is 2.32. The number of carbonyl (C=O) groups is 1. The summed E-state index contributed by atoms with van der Waals surface area (Å²) in [6.45, 7) is 4.57. The summed E-state index contributed by atoms with van der Waals surface area (Å²) in [6.07, 6.45) is 0. The Hall–Kier alpha value is -1.11. The first-order chi connectivity index (χ1) is 9.79. The van der Waals surface area contributed by atoms with Gasteiger partial charge in [0.05, 0.1) is 12.3 Å². The molecule has 1 aromatic carbocycles. The summed E-state index contributed by atoms with van der Waals surface area (Å²) in [7, 11) is -3.49. The Morgan fingerprint density at radius 3 is 2.33 bits per heavy atom. The maximum Gasteiger partial charge on any atom is 0.238 e. The molecule has 0 N–H and O–H groups in total. The van der Waals surface area contributed by atoms with E-state index >= 15 is 0 Å². The van der Waals surface area contributed by atoms with E-state index in [9.17, 15) is 13.2 Å². The second-order valence-corrected chi connectivity index (χ2v) is 7.80. The third kappa shape index (κ3) is 3.96. The van der Waals surface area contributed by atoms with E-state index in [4.69, 9.17) is 11.6 Å². The summed E-state index contributed by atoms with van der Waals surface area (Å²) < 4.78 is 26.0. The van der Waals surface area contributed by atoms with Crippen LogP contribution in [0.5, 0.6) is 0 Å². The highest BCUT2D eigenvalue weighted by Crippen LogP contribution is 2.17. The number of nitrogens with zero attached hydrogens (tertiary/aromatic N) is 2. The molecule has 5 nitrogen and oxygen atoms in total. The van der Waals surface area contributed by atoms with Crippen LogP contribution in [0.3, 0.4) is 0 Å². The normalized spacial score (nSPS) is 17.5. The van der Waals surface area contributed by atoms with E-state index in [-0.39, 0.29) is 24.2 Å². The summed E-state index contributed by atoms with van der Waals surface area (Å²) in [4.78, 5) is 13.7. The molecule has 1 saturated heterocycles. The van der Waals surface area contributed by atoms with Gasteiger partial charge in [0.25, 0.3) is 0 Å². The maximum absolute atomic E-state index is 12.4. The molecule has 1 aromatic rings. The number of amides is 1. The second-order valence-electron chi connectivity index (χ2n) is 5.40. The van der Waals surface area contributed by atoms with Gasteiger partial charge in [-0.3, -0.25) is 4.79 Å². The minimum absolute atomic E-state index is 0.0753. The van der Waals surface area contributed by atoms with Crippen molar-refractivity contribution < 1.29 is 13.2 Å². The summed E-state index contributed by atoms with van der Waals surface area (Å²) >= 11 is 5.79. The summed E-state index contributed by atoms with van der Waals surface area (Å²) in [5.74, 6) is -0.255. The van der Waals surface area contributed by atoms with Gasteiger partial charge in [0.1, 0.15) is 0 Å². The molecular weight excluding hydrogens is 312 g/mol. The van der Waals surface area contributed by atoms with Crippen LogP contribution in [-0.2, 0) is 20.6 Å². The highest BCUT2D eigenvalue weighted by molar-refractivity contribution is 7.88. The maximum atomic E-state index is 12.4. The van der Waals surface area contributed by atoms with Crippen molar-refractivity contribution in [2.45, 2.75) is 25.6 Å². The molecule has 0 aromatic heterocycles. The SMILES string of the molecule is CC(C)N1CCN(S(=O)(=O)Cc2ccc(Cl)cc2)CC1=O. The molecule has 0 spiro atoms. The molecule has 116 valence electrons. The Bertz CT molecular complexity index is 614. The predicted molar refractivity (Wildman–Crippen MR) is 82.5 cm³/mol. The molecular formula is C14H19ClN2O3S. The first-order valence-electron chi connectivity index (χ1n) is 6.81. The lowest BCUT2D eigenvalue weighted by atomic mass is 10.2. The molecule has 1 fully saturated rings. The molecule has 0 unspecified atom stereocenters. The summed E-state index contributed by atoms with van der Waals surface area (Å²) in [5.41, 5.74) is 0.665. The number of rotatable bonds is 4. The lowest BCUT2D eigenvalue weighted by Crippen LogP contribution is -2.54. The number of benzene rings is 1. The minimum Gasteiger partial charge on any atom is -0.338 e. The Kier molecular flexibility index (Phi) is 4.91. The average molecular weight is 331 g/mol. The molecule has 7 heteroatoms. The van der Waals surface area contributed by atoms with Gasteiger partial charge in [-0.25, -0.2) is 8.42 Å². The van der Waals surface area contributed by atoms with Crippen molar-refractivity contribution in [3.8, 4) is 0 Å². The first kappa shape index (κ1) is 16.3. The quantitative estimate of drug-likeness (QED) is 0.844. The number of hydrogen-bond donors (Lipinski definition) is 0. The van der Waals surface area contributed by atoms with E-state index in [0.29, 0.717) is 23.7 Å². The third-order valence-electron chi connectivity index (χ3n) is 3.50. The number of carbonyl (C=O) groups excluding carboxylic acids is 1. The van der Waals surface area contributed by atoms with Gasteiger partial charge in [-0.1, -0.05) is 23.7 Å². The molecule has 1 heterocycles. The predicted octanol–water partition coefficient (Wildman–Crippen LogP) is 1.72. The Labute approximate surface area is 130 Å². The molecule has 2 rings (SSSR count). The van der Waals surface area contributed by atoms with Gasteiger partial charge in [0.2, 0.25) is 15.9 Å². The zero-order valence-electron chi connectivity index (χ0n) is 12.1. The average Bonchev–Trinajstić information content (AvgIpc) is 2.40. The molecule has 0 aliphatic carbocycles. The zero-order chi connectivity index (χ0) is 15.6. The molecule has 1 aliphatic heterocycles. The Morgan fingerprint density at radius 1 is 1.19 bits per heavy atom. The van der Waals surface area contributed by atoms with E-state index in [2.05, 4.69) is 0 Å². The van der Waals surface area contributed by atoms with Crippen LogP contribution >= 0.6 is 11.6 Å². The van der Waals surface area contributed by atoms with Crippen LogP contribution < -0.4 is 0 Å². The van der Waals surface area contributed by atoms with E-state index in [1.54, 1.807) is 29.2 Å². The monoisotopic (exact) mass is 330 g/mol. The van der Waals surface area contributed by atoms with Crippen LogP contribution in [0.4, 0.5) is 0 Å². The number of sulfonamides is 1. The van der Waals surface area contributed by atoms with E-state index in [1.165, 1.54) is 4.31 Å². The molecule has 21 heavy (non-hydrogen) atoms. The lowest BCUT2D eigenvalue weighted by molar-refractivity contribution is -0.135. The van der Waals surface area contributed by atoms with Crippen LogP contribution in [0, 0.1) is 0 Å². The van der Waals surface area contributed by atoms with Crippen LogP contribution in [0.15, 0.2) is 24.3 Å². The summed E-state index contributed by atoms with van der Waals surface area (Å²) in [5, 5.41) is 0.567. The zero-order valence-corrected chi connectivity index (χ0v) is 13.7. The largest absolute Gasteiger partial charge is 0.338 e. The minimum atomic E-state index is -3.49. The fourth-order valence-corrected chi connectivity index (χ4v) is 3.92. The summed E-state index contributed by atoms with van der Waals surface area (Å²) in [6, 6.07) is 6.79. The molecule has 0 radical (unpaired) electrons. The molecule has 0 saturated carbocycles. The van der Waals surface area contributed by atoms with Gasteiger partial charge in [-0.2, -0.15) is 4.31 Å². The van der Waals surface area contributed by atoms with Crippen LogP contribution in [0.1, 0.15) is 19.4 Å².